The quantitative estimate of drug-likeness (QED) is 0.490. The lowest BCUT2D eigenvalue weighted by Gasteiger charge is -1.95. The van der Waals surface area contributed by atoms with E-state index in [1.165, 1.54) is 0 Å². The predicted octanol–water partition coefficient (Wildman–Crippen LogP) is 6.52. The van der Waals surface area contributed by atoms with Gasteiger partial charge in [0.2, 0.25) is 0 Å². The van der Waals surface area contributed by atoms with Crippen LogP contribution in [0.15, 0.2) is 105 Å². The maximum atomic E-state index is 4.19. The molecule has 3 aromatic carbocycles. The first-order valence-corrected chi connectivity index (χ1v) is 6.94. The van der Waals surface area contributed by atoms with Gasteiger partial charge >= 0.3 is 0 Å². The van der Waals surface area contributed by atoms with E-state index in [2.05, 4.69) is 20.5 Å². The molecule has 0 N–H and O–H groups in total. The molecule has 3 aromatic rings. The van der Waals surface area contributed by atoms with Crippen LogP contribution >= 0.6 is 0 Å². The van der Waals surface area contributed by atoms with Crippen molar-refractivity contribution in [2.45, 2.75) is 0 Å². The maximum Gasteiger partial charge on any atom is 0.0858 e. The average Bonchev–Trinajstić information content (AvgIpc) is 2.61. The Labute approximate surface area is 128 Å². The first kappa shape index (κ1) is 13.8. The standard InChI is InChI=1S/C18H14N4/c1-3-7-15(8-4-1)19-21-17-11-13-18(14-12-17)22-20-16-9-5-2-6-10-16/h1-14H/b21-19+,22-20?. The van der Waals surface area contributed by atoms with Crippen LogP contribution in [0, 0.1) is 0 Å². The lowest BCUT2D eigenvalue weighted by molar-refractivity contribution is 1.21. The Morgan fingerprint density at radius 2 is 0.591 bits per heavy atom. The Balaban J connectivity index is 1.68. The Hall–Kier alpha value is -3.14. The lowest BCUT2D eigenvalue weighted by Crippen LogP contribution is -1.66. The van der Waals surface area contributed by atoms with Crippen LogP contribution in [0.1, 0.15) is 0 Å². The van der Waals surface area contributed by atoms with Gasteiger partial charge in [-0.25, -0.2) is 0 Å². The van der Waals surface area contributed by atoms with Crippen molar-refractivity contribution in [2.24, 2.45) is 20.5 Å². The predicted molar refractivity (Wildman–Crippen MR) is 87.7 cm³/mol. The molecule has 0 aromatic heterocycles. The van der Waals surface area contributed by atoms with Crippen LogP contribution in [0.25, 0.3) is 0 Å². The molecule has 22 heavy (non-hydrogen) atoms. The summed E-state index contributed by atoms with van der Waals surface area (Å²) in [6, 6.07) is 26.7. The van der Waals surface area contributed by atoms with E-state index in [0.717, 1.165) is 22.7 Å². The van der Waals surface area contributed by atoms with Crippen molar-refractivity contribution in [3.05, 3.63) is 84.9 Å². The molecule has 0 atom stereocenters. The fraction of sp³-hybridized carbons (Fsp3) is 0. The molecule has 0 saturated carbocycles. The number of hydrogen-bond acceptors (Lipinski definition) is 4. The maximum absolute atomic E-state index is 4.19. The SMILES string of the molecule is c1ccc(N=Nc2ccc(/N=N/c3ccccc3)cc2)cc1. The van der Waals surface area contributed by atoms with E-state index in [4.69, 9.17) is 0 Å². The summed E-state index contributed by atoms with van der Waals surface area (Å²) in [5.41, 5.74) is 3.22. The minimum Gasteiger partial charge on any atom is -0.151 e. The van der Waals surface area contributed by atoms with E-state index in [1.54, 1.807) is 0 Å². The summed E-state index contributed by atoms with van der Waals surface area (Å²) in [4.78, 5) is 0. The normalized spacial score (nSPS) is 11.3. The van der Waals surface area contributed by atoms with Gasteiger partial charge in [-0.15, -0.1) is 0 Å². The second-order valence-electron chi connectivity index (χ2n) is 4.59. The summed E-state index contributed by atoms with van der Waals surface area (Å²) >= 11 is 0. The molecule has 0 radical (unpaired) electrons. The molecule has 0 aliphatic carbocycles. The van der Waals surface area contributed by atoms with E-state index < -0.39 is 0 Å². The lowest BCUT2D eigenvalue weighted by atomic mass is 10.3. The van der Waals surface area contributed by atoms with Crippen molar-refractivity contribution < 1.29 is 0 Å². The van der Waals surface area contributed by atoms with Crippen molar-refractivity contribution in [3.8, 4) is 0 Å². The Morgan fingerprint density at radius 1 is 0.318 bits per heavy atom. The zero-order chi connectivity index (χ0) is 15.0. The van der Waals surface area contributed by atoms with E-state index in [0.29, 0.717) is 0 Å². The smallest absolute Gasteiger partial charge is 0.0858 e. The summed E-state index contributed by atoms with van der Waals surface area (Å²) in [5.74, 6) is 0. The fourth-order valence-corrected chi connectivity index (χ4v) is 1.81. The van der Waals surface area contributed by atoms with Gasteiger partial charge in [0.25, 0.3) is 0 Å². The summed E-state index contributed by atoms with van der Waals surface area (Å²) in [6.07, 6.45) is 0. The van der Waals surface area contributed by atoms with Crippen LogP contribution < -0.4 is 0 Å². The fourth-order valence-electron chi connectivity index (χ4n) is 1.81. The van der Waals surface area contributed by atoms with Gasteiger partial charge in [-0.3, -0.25) is 0 Å². The van der Waals surface area contributed by atoms with Crippen molar-refractivity contribution in [1.82, 2.24) is 0 Å². The largest absolute Gasteiger partial charge is 0.151 e. The average molecular weight is 286 g/mol. The Morgan fingerprint density at radius 3 is 0.909 bits per heavy atom. The monoisotopic (exact) mass is 286 g/mol. The van der Waals surface area contributed by atoms with Crippen molar-refractivity contribution in [1.29, 1.82) is 0 Å². The Kier molecular flexibility index (Phi) is 4.42. The second-order valence-corrected chi connectivity index (χ2v) is 4.59. The van der Waals surface area contributed by atoms with Gasteiger partial charge in [-0.1, -0.05) is 36.4 Å². The molecule has 0 bridgehead atoms. The van der Waals surface area contributed by atoms with Crippen molar-refractivity contribution in [2.75, 3.05) is 0 Å². The zero-order valence-electron chi connectivity index (χ0n) is 11.9. The molecule has 4 nitrogen and oxygen atoms in total. The summed E-state index contributed by atoms with van der Waals surface area (Å²) in [5, 5.41) is 16.7. The van der Waals surface area contributed by atoms with E-state index in [1.807, 2.05) is 84.9 Å². The second kappa shape index (κ2) is 7.04. The summed E-state index contributed by atoms with van der Waals surface area (Å²) < 4.78 is 0. The molecule has 0 amide bonds. The molecule has 0 heterocycles. The number of hydrogen-bond donors (Lipinski definition) is 0. The van der Waals surface area contributed by atoms with Crippen molar-refractivity contribution in [3.63, 3.8) is 0 Å². The molecule has 0 fully saturated rings. The molecular formula is C18H14N4. The molecule has 0 saturated heterocycles. The molecule has 106 valence electrons. The van der Waals surface area contributed by atoms with Crippen LogP contribution in [0.4, 0.5) is 22.7 Å². The van der Waals surface area contributed by atoms with Crippen LogP contribution in [-0.2, 0) is 0 Å². The number of benzene rings is 3. The van der Waals surface area contributed by atoms with Crippen LogP contribution in [-0.4, -0.2) is 0 Å². The molecular weight excluding hydrogens is 272 g/mol. The molecule has 0 unspecified atom stereocenters. The van der Waals surface area contributed by atoms with Crippen LogP contribution in [0.2, 0.25) is 0 Å². The molecule has 3 rings (SSSR count). The van der Waals surface area contributed by atoms with Gasteiger partial charge in [-0.2, -0.15) is 20.5 Å². The minimum absolute atomic E-state index is 0.780. The van der Waals surface area contributed by atoms with Gasteiger partial charge in [0.15, 0.2) is 0 Å². The Bertz CT molecular complexity index is 695. The minimum atomic E-state index is 0.780. The van der Waals surface area contributed by atoms with E-state index in [9.17, 15) is 0 Å². The topological polar surface area (TPSA) is 49.4 Å². The first-order chi connectivity index (χ1) is 10.9. The van der Waals surface area contributed by atoms with Gasteiger partial charge in [0.1, 0.15) is 0 Å². The third-order valence-electron chi connectivity index (χ3n) is 2.92. The van der Waals surface area contributed by atoms with Crippen LogP contribution in [0.3, 0.4) is 0 Å². The number of azo groups is 2. The third kappa shape index (κ3) is 3.93. The highest BCUT2D eigenvalue weighted by molar-refractivity contribution is 5.48. The highest BCUT2D eigenvalue weighted by Crippen LogP contribution is 2.23. The summed E-state index contributed by atoms with van der Waals surface area (Å²) in [6.45, 7) is 0. The number of nitrogens with zero attached hydrogens (tertiary/aromatic N) is 4. The first-order valence-electron chi connectivity index (χ1n) is 6.94. The third-order valence-corrected chi connectivity index (χ3v) is 2.92. The highest BCUT2D eigenvalue weighted by Gasteiger charge is 1.93. The van der Waals surface area contributed by atoms with Gasteiger partial charge in [-0.05, 0) is 48.5 Å². The molecule has 0 aliphatic heterocycles. The van der Waals surface area contributed by atoms with E-state index >= 15 is 0 Å². The molecule has 0 spiro atoms. The highest BCUT2D eigenvalue weighted by atomic mass is 15.1. The molecule has 0 aliphatic rings. The van der Waals surface area contributed by atoms with Gasteiger partial charge in [0.05, 0.1) is 22.7 Å². The van der Waals surface area contributed by atoms with E-state index in [-0.39, 0.29) is 0 Å². The van der Waals surface area contributed by atoms with Gasteiger partial charge < -0.3 is 0 Å². The van der Waals surface area contributed by atoms with Crippen LogP contribution in [0.5, 0.6) is 0 Å². The number of rotatable bonds is 4. The summed E-state index contributed by atoms with van der Waals surface area (Å²) in [7, 11) is 0. The zero-order valence-corrected chi connectivity index (χ0v) is 11.9. The van der Waals surface area contributed by atoms with Crippen molar-refractivity contribution >= 4 is 22.7 Å². The van der Waals surface area contributed by atoms with Gasteiger partial charge in [0, 0.05) is 0 Å². The molecule has 4 heteroatoms.